The molecule has 0 fully saturated rings. The summed E-state index contributed by atoms with van der Waals surface area (Å²) in [4.78, 5) is 13.4. The smallest absolute Gasteiger partial charge is 0.227 e. The number of hydrogen-bond acceptors (Lipinski definition) is 5. The van der Waals surface area contributed by atoms with E-state index >= 15 is 0 Å². The zero-order valence-corrected chi connectivity index (χ0v) is 15.9. The van der Waals surface area contributed by atoms with Gasteiger partial charge in [0.05, 0.1) is 19.4 Å². The molecule has 0 saturated carbocycles. The largest absolute Gasteiger partial charge is 0.435 e. The van der Waals surface area contributed by atoms with Crippen LogP contribution in [0, 0.1) is 13.8 Å². The number of benzene rings is 1. The van der Waals surface area contributed by atoms with Gasteiger partial charge in [0.1, 0.15) is 0 Å². The summed E-state index contributed by atoms with van der Waals surface area (Å²) < 4.78 is 14.8. The van der Waals surface area contributed by atoms with E-state index in [0.29, 0.717) is 12.4 Å². The molecule has 27 heavy (non-hydrogen) atoms. The molecule has 0 radical (unpaired) electrons. The summed E-state index contributed by atoms with van der Waals surface area (Å²) in [5.74, 6) is 0.850. The van der Waals surface area contributed by atoms with E-state index in [9.17, 15) is 0 Å². The summed E-state index contributed by atoms with van der Waals surface area (Å²) >= 11 is 0. The summed E-state index contributed by atoms with van der Waals surface area (Å²) in [6.07, 6.45) is 1.80. The minimum atomic E-state index is -0.763. The van der Waals surface area contributed by atoms with Crippen LogP contribution in [0.25, 0.3) is 22.1 Å². The second-order valence-electron chi connectivity index (χ2n) is 7.31. The lowest BCUT2D eigenvalue weighted by atomic mass is 10.1. The van der Waals surface area contributed by atoms with Crippen molar-refractivity contribution in [1.29, 1.82) is 0 Å². The Hall–Kier alpha value is -3.08. The van der Waals surface area contributed by atoms with Crippen molar-refractivity contribution >= 4 is 39.3 Å². The van der Waals surface area contributed by atoms with Crippen LogP contribution in [0.4, 0.5) is 17.2 Å². The van der Waals surface area contributed by atoms with E-state index in [1.807, 2.05) is 39.0 Å². The quantitative estimate of drug-likeness (QED) is 0.485. The van der Waals surface area contributed by atoms with E-state index in [1.54, 1.807) is 6.20 Å². The molecule has 0 atom stereocenters. The maximum absolute atomic E-state index is 8.58. The van der Waals surface area contributed by atoms with Crippen molar-refractivity contribution < 1.29 is 5.79 Å². The number of anilines is 3. The van der Waals surface area contributed by atoms with Crippen LogP contribution < -0.4 is 9.80 Å². The second-order valence-corrected chi connectivity index (χ2v) is 7.31. The van der Waals surface area contributed by atoms with E-state index in [0.717, 1.165) is 44.8 Å². The molecule has 4 heterocycles. The van der Waals surface area contributed by atoms with Gasteiger partial charge in [0, 0.05) is 28.7 Å². The van der Waals surface area contributed by atoms with Crippen molar-refractivity contribution in [2.75, 3.05) is 16.5 Å². The standard InChI is InChI=1S/C22H22N4O/c1-13(2)25-12-26(21-18(25)6-5-11-23-21)19-14(3)7-9-16-17-10-8-15(4)24-22(17)27-20(16)19/h5-11,13H,12H2,1-4H3/i13D. The van der Waals surface area contributed by atoms with Gasteiger partial charge in [0.15, 0.2) is 11.4 Å². The lowest BCUT2D eigenvalue weighted by Crippen LogP contribution is -2.33. The van der Waals surface area contributed by atoms with E-state index in [2.05, 4.69) is 44.9 Å². The van der Waals surface area contributed by atoms with E-state index < -0.39 is 6.02 Å². The number of fused-ring (bicyclic) bond motifs is 4. The van der Waals surface area contributed by atoms with Crippen LogP contribution in [-0.4, -0.2) is 22.7 Å². The average molecular weight is 359 g/mol. The molecule has 5 rings (SSSR count). The highest BCUT2D eigenvalue weighted by Gasteiger charge is 2.32. The Morgan fingerprint density at radius 1 is 1.11 bits per heavy atom. The minimum Gasteiger partial charge on any atom is -0.435 e. The Kier molecular flexibility index (Phi) is 3.18. The third-order valence-electron chi connectivity index (χ3n) is 5.23. The van der Waals surface area contributed by atoms with Crippen molar-refractivity contribution in [3.63, 3.8) is 0 Å². The van der Waals surface area contributed by atoms with Gasteiger partial charge in [-0.15, -0.1) is 0 Å². The van der Waals surface area contributed by atoms with Gasteiger partial charge in [-0.25, -0.2) is 9.97 Å². The Bertz CT molecular complexity index is 1220. The summed E-state index contributed by atoms with van der Waals surface area (Å²) in [5.41, 5.74) is 5.45. The number of hydrogen-bond donors (Lipinski definition) is 0. The molecule has 0 aliphatic carbocycles. The first-order valence-corrected chi connectivity index (χ1v) is 9.14. The Balaban J connectivity index is 1.78. The predicted octanol–water partition coefficient (Wildman–Crippen LogP) is 5.32. The summed E-state index contributed by atoms with van der Waals surface area (Å²) in [6.45, 7) is 8.39. The third kappa shape index (κ3) is 2.31. The Morgan fingerprint density at radius 2 is 1.93 bits per heavy atom. The summed E-state index contributed by atoms with van der Waals surface area (Å²) in [6, 6.07) is 11.5. The molecule has 5 heteroatoms. The molecule has 0 N–H and O–H groups in total. The number of aromatic nitrogens is 2. The van der Waals surface area contributed by atoms with Gasteiger partial charge < -0.3 is 14.2 Å². The molecular weight excluding hydrogens is 336 g/mol. The van der Waals surface area contributed by atoms with Gasteiger partial charge in [-0.05, 0) is 57.5 Å². The Morgan fingerprint density at radius 3 is 2.74 bits per heavy atom. The number of furan rings is 1. The average Bonchev–Trinajstić information content (AvgIpc) is 3.19. The van der Waals surface area contributed by atoms with Crippen LogP contribution in [0.2, 0.25) is 0 Å². The van der Waals surface area contributed by atoms with Crippen LogP contribution in [0.3, 0.4) is 0 Å². The van der Waals surface area contributed by atoms with E-state index in [-0.39, 0.29) is 0 Å². The minimum absolute atomic E-state index is 0.548. The van der Waals surface area contributed by atoms with Crippen molar-refractivity contribution in [2.24, 2.45) is 0 Å². The van der Waals surface area contributed by atoms with Gasteiger partial charge in [-0.3, -0.25) is 0 Å². The van der Waals surface area contributed by atoms with Gasteiger partial charge in [0.25, 0.3) is 0 Å². The first-order chi connectivity index (χ1) is 13.3. The molecule has 1 aliphatic heterocycles. The normalized spacial score (nSPS) is 14.9. The van der Waals surface area contributed by atoms with Gasteiger partial charge in [-0.2, -0.15) is 0 Å². The molecule has 1 aromatic carbocycles. The molecule has 0 amide bonds. The maximum atomic E-state index is 8.58. The zero-order valence-electron chi connectivity index (χ0n) is 16.9. The molecular formula is C22H22N4O. The van der Waals surface area contributed by atoms with Crippen LogP contribution in [-0.2, 0) is 0 Å². The van der Waals surface area contributed by atoms with Gasteiger partial charge >= 0.3 is 0 Å². The number of nitrogens with zero attached hydrogens (tertiary/aromatic N) is 4. The van der Waals surface area contributed by atoms with Crippen molar-refractivity contribution in [2.45, 2.75) is 33.7 Å². The topological polar surface area (TPSA) is 45.4 Å². The molecule has 136 valence electrons. The second kappa shape index (κ2) is 5.71. The van der Waals surface area contributed by atoms with E-state index in [4.69, 9.17) is 5.79 Å². The van der Waals surface area contributed by atoms with Crippen molar-refractivity contribution in [1.82, 2.24) is 9.97 Å². The SMILES string of the molecule is [2H]C(C)(C)N1CN(c2c(C)ccc3c2oc2nc(C)ccc23)c2ncccc21. The number of rotatable bonds is 2. The molecule has 0 unspecified atom stereocenters. The molecule has 3 aromatic heterocycles. The summed E-state index contributed by atoms with van der Waals surface area (Å²) in [5, 5.41) is 2.06. The first kappa shape index (κ1) is 15.0. The molecule has 1 aliphatic rings. The number of aryl methyl sites for hydroxylation is 2. The fourth-order valence-corrected chi connectivity index (χ4v) is 3.88. The highest BCUT2D eigenvalue weighted by atomic mass is 16.3. The molecule has 0 saturated heterocycles. The monoisotopic (exact) mass is 359 g/mol. The number of pyridine rings is 2. The third-order valence-corrected chi connectivity index (χ3v) is 5.23. The van der Waals surface area contributed by atoms with Gasteiger partial charge in [0.2, 0.25) is 5.71 Å². The lowest BCUT2D eigenvalue weighted by Gasteiger charge is -2.25. The summed E-state index contributed by atoms with van der Waals surface area (Å²) in [7, 11) is 0. The molecule has 5 nitrogen and oxygen atoms in total. The fraction of sp³-hybridized carbons (Fsp3) is 0.273. The predicted molar refractivity (Wildman–Crippen MR) is 110 cm³/mol. The van der Waals surface area contributed by atoms with Crippen LogP contribution in [0.15, 0.2) is 47.0 Å². The molecule has 0 bridgehead atoms. The Labute approximate surface area is 159 Å². The van der Waals surface area contributed by atoms with Crippen molar-refractivity contribution in [3.05, 3.63) is 53.9 Å². The van der Waals surface area contributed by atoms with Crippen LogP contribution in [0.5, 0.6) is 0 Å². The van der Waals surface area contributed by atoms with Gasteiger partial charge in [-0.1, -0.05) is 12.1 Å². The lowest BCUT2D eigenvalue weighted by molar-refractivity contribution is 0.649. The molecule has 0 spiro atoms. The fourth-order valence-electron chi connectivity index (χ4n) is 3.88. The first-order valence-electron chi connectivity index (χ1n) is 9.64. The zero-order chi connectivity index (χ0) is 19.6. The van der Waals surface area contributed by atoms with Crippen molar-refractivity contribution in [3.8, 4) is 0 Å². The highest BCUT2D eigenvalue weighted by Crippen LogP contribution is 2.45. The highest BCUT2D eigenvalue weighted by molar-refractivity contribution is 6.09. The maximum Gasteiger partial charge on any atom is 0.227 e. The molecule has 4 aromatic rings. The van der Waals surface area contributed by atoms with Crippen LogP contribution in [0.1, 0.15) is 26.5 Å². The van der Waals surface area contributed by atoms with E-state index in [1.165, 1.54) is 0 Å². The van der Waals surface area contributed by atoms with Crippen LogP contribution >= 0.6 is 0 Å².